The maximum Gasteiger partial charge on any atom is 0.241 e. The van der Waals surface area contributed by atoms with Gasteiger partial charge in [0.25, 0.3) is 0 Å². The van der Waals surface area contributed by atoms with Crippen LogP contribution in [0.4, 0.5) is 0 Å². The molecule has 29 heavy (non-hydrogen) atoms. The van der Waals surface area contributed by atoms with E-state index < -0.39 is 21.3 Å². The van der Waals surface area contributed by atoms with Crippen molar-refractivity contribution < 1.29 is 13.2 Å². The minimum Gasteiger partial charge on any atom is -0.348 e. The van der Waals surface area contributed by atoms with E-state index in [2.05, 4.69) is 11.6 Å². The Morgan fingerprint density at radius 1 is 1.07 bits per heavy atom. The number of sulfonamides is 1. The molecule has 0 aromatic heterocycles. The molecule has 0 aliphatic carbocycles. The largest absolute Gasteiger partial charge is 0.348 e. The summed E-state index contributed by atoms with van der Waals surface area (Å²) in [4.78, 5) is 14.7. The lowest BCUT2D eigenvalue weighted by Crippen LogP contribution is -2.43. The van der Waals surface area contributed by atoms with Gasteiger partial charge in [-0.3, -0.25) is 4.79 Å². The Bertz CT molecular complexity index is 882. The van der Waals surface area contributed by atoms with Crippen LogP contribution in [0.1, 0.15) is 36.9 Å². The molecule has 0 radical (unpaired) electrons. The lowest BCUT2D eigenvalue weighted by molar-refractivity contribution is -0.128. The Hall–Kier alpha value is -1.83. The van der Waals surface area contributed by atoms with Gasteiger partial charge in [-0.2, -0.15) is 0 Å². The maximum absolute atomic E-state index is 13.1. The minimum absolute atomic E-state index is 0.105. The van der Waals surface area contributed by atoms with Crippen molar-refractivity contribution in [3.05, 3.63) is 65.7 Å². The number of hydrogen-bond acceptors (Lipinski definition) is 4. The lowest BCUT2D eigenvalue weighted by Gasteiger charge is -2.29. The van der Waals surface area contributed by atoms with E-state index in [-0.39, 0.29) is 10.8 Å². The Balaban J connectivity index is 2.44. The molecule has 2 rings (SSSR count). The summed E-state index contributed by atoms with van der Waals surface area (Å²) < 4.78 is 29.0. The number of rotatable bonds is 10. The molecule has 2 atom stereocenters. The summed E-state index contributed by atoms with van der Waals surface area (Å²) in [6.45, 7) is 4.00. The van der Waals surface area contributed by atoms with E-state index in [1.165, 1.54) is 16.7 Å². The van der Waals surface area contributed by atoms with E-state index in [4.69, 9.17) is 0 Å². The number of nitrogens with zero attached hydrogens (tertiary/aromatic N) is 1. The molecular weight excluding hydrogens is 404 g/mol. The zero-order chi connectivity index (χ0) is 21.4. The molecule has 1 N–H and O–H groups in total. The van der Waals surface area contributed by atoms with E-state index in [9.17, 15) is 13.2 Å². The van der Waals surface area contributed by atoms with E-state index in [1.54, 1.807) is 38.4 Å². The van der Waals surface area contributed by atoms with E-state index in [0.29, 0.717) is 0 Å². The zero-order valence-corrected chi connectivity index (χ0v) is 19.1. The number of hydrogen-bond donors (Lipinski definition) is 1. The third-order valence-corrected chi connectivity index (χ3v) is 7.37. The minimum atomic E-state index is -3.79. The van der Waals surface area contributed by atoms with Crippen LogP contribution < -0.4 is 4.72 Å². The lowest BCUT2D eigenvalue weighted by atomic mass is 10.0. The fourth-order valence-corrected chi connectivity index (χ4v) is 5.64. The average molecular weight is 435 g/mol. The number of nitrogens with one attached hydrogen (secondary N) is 1. The summed E-state index contributed by atoms with van der Waals surface area (Å²) in [5.41, 5.74) is 1.76. The molecule has 1 amide bonds. The topological polar surface area (TPSA) is 66.5 Å². The van der Waals surface area contributed by atoms with Crippen molar-refractivity contribution in [1.82, 2.24) is 9.62 Å². The first-order valence-electron chi connectivity index (χ1n) is 9.73. The summed E-state index contributed by atoms with van der Waals surface area (Å²) in [5.74, 6) is 0.683. The second-order valence-corrected chi connectivity index (χ2v) is 10.2. The molecule has 0 aliphatic heterocycles. The molecule has 0 saturated heterocycles. The highest BCUT2D eigenvalue weighted by molar-refractivity contribution is 8.00. The molecule has 0 bridgehead atoms. The molecule has 5 nitrogen and oxygen atoms in total. The predicted octanol–water partition coefficient (Wildman–Crippen LogP) is 4.00. The summed E-state index contributed by atoms with van der Waals surface area (Å²) in [6.07, 6.45) is 1.98. The highest BCUT2D eigenvalue weighted by Crippen LogP contribution is 2.30. The third kappa shape index (κ3) is 6.59. The normalized spacial score (nSPS) is 13.7. The first-order valence-corrected chi connectivity index (χ1v) is 12.3. The van der Waals surface area contributed by atoms with Gasteiger partial charge < -0.3 is 4.90 Å². The SMILES string of the molecule is CCCCS[C@H](C(=O)N(C)C)[C@H](NS(=O)(=O)c1ccc(C)cc1)c1ccccc1. The Morgan fingerprint density at radius 2 is 1.69 bits per heavy atom. The van der Waals surface area contributed by atoms with Gasteiger partial charge in [0.1, 0.15) is 5.25 Å². The molecule has 0 unspecified atom stereocenters. The fourth-order valence-electron chi connectivity index (χ4n) is 2.84. The zero-order valence-electron chi connectivity index (χ0n) is 17.5. The smallest absolute Gasteiger partial charge is 0.241 e. The van der Waals surface area contributed by atoms with Crippen LogP contribution in [0.3, 0.4) is 0 Å². The van der Waals surface area contributed by atoms with E-state index in [0.717, 1.165) is 29.7 Å². The molecule has 0 spiro atoms. The van der Waals surface area contributed by atoms with Crippen LogP contribution in [0, 0.1) is 6.92 Å². The third-order valence-electron chi connectivity index (χ3n) is 4.55. The van der Waals surface area contributed by atoms with Crippen molar-refractivity contribution in [1.29, 1.82) is 0 Å². The highest BCUT2D eigenvalue weighted by Gasteiger charge is 2.34. The number of aryl methyl sites for hydroxylation is 1. The molecule has 0 heterocycles. The van der Waals surface area contributed by atoms with Crippen molar-refractivity contribution in [2.24, 2.45) is 0 Å². The summed E-state index contributed by atoms with van der Waals surface area (Å²) in [6, 6.07) is 15.4. The number of carbonyl (C=O) groups is 1. The summed E-state index contributed by atoms with van der Waals surface area (Å²) in [7, 11) is -0.392. The number of unbranched alkanes of at least 4 members (excludes halogenated alkanes) is 1. The van der Waals surface area contributed by atoms with Gasteiger partial charge in [-0.25, -0.2) is 13.1 Å². The van der Waals surface area contributed by atoms with Crippen molar-refractivity contribution >= 4 is 27.7 Å². The van der Waals surface area contributed by atoms with Gasteiger partial charge >= 0.3 is 0 Å². The Labute approximate surface area is 178 Å². The van der Waals surface area contributed by atoms with Crippen LogP contribution in [0.25, 0.3) is 0 Å². The second kappa shape index (κ2) is 10.8. The molecule has 0 saturated carbocycles. The summed E-state index contributed by atoms with van der Waals surface area (Å²) >= 11 is 1.51. The number of benzene rings is 2. The first kappa shape index (κ1) is 23.4. The van der Waals surface area contributed by atoms with Crippen molar-refractivity contribution in [3.63, 3.8) is 0 Å². The predicted molar refractivity (Wildman–Crippen MR) is 121 cm³/mol. The fraction of sp³-hybridized carbons (Fsp3) is 0.409. The van der Waals surface area contributed by atoms with Crippen molar-refractivity contribution in [2.75, 3.05) is 19.8 Å². The van der Waals surface area contributed by atoms with E-state index >= 15 is 0 Å². The van der Waals surface area contributed by atoms with Crippen LogP contribution in [0.2, 0.25) is 0 Å². The van der Waals surface area contributed by atoms with Crippen LogP contribution in [0.15, 0.2) is 59.5 Å². The van der Waals surface area contributed by atoms with Gasteiger partial charge in [-0.05, 0) is 36.8 Å². The molecular formula is C22H30N2O3S2. The van der Waals surface area contributed by atoms with Crippen LogP contribution in [-0.4, -0.2) is 44.3 Å². The Morgan fingerprint density at radius 3 is 2.24 bits per heavy atom. The number of carbonyl (C=O) groups excluding carboxylic acids is 1. The Kier molecular flexibility index (Phi) is 8.74. The highest BCUT2D eigenvalue weighted by atomic mass is 32.2. The van der Waals surface area contributed by atoms with E-state index in [1.807, 2.05) is 37.3 Å². The summed E-state index contributed by atoms with van der Waals surface area (Å²) in [5, 5.41) is -0.556. The molecule has 0 aliphatic rings. The van der Waals surface area contributed by atoms with Crippen LogP contribution >= 0.6 is 11.8 Å². The number of thioether (sulfide) groups is 1. The molecule has 0 fully saturated rings. The van der Waals surface area contributed by atoms with Gasteiger partial charge in [0.2, 0.25) is 15.9 Å². The van der Waals surface area contributed by atoms with Gasteiger partial charge in [0, 0.05) is 14.1 Å². The standard InChI is InChI=1S/C22H30N2O3S2/c1-5-6-16-28-21(22(25)24(3)4)20(18-10-8-7-9-11-18)23-29(26,27)19-14-12-17(2)13-15-19/h7-15,20-21,23H,5-6,16H2,1-4H3/t20-,21+/m1/s1. The van der Waals surface area contributed by atoms with Crippen molar-refractivity contribution in [2.45, 2.75) is 42.9 Å². The number of amides is 1. The first-order chi connectivity index (χ1) is 13.8. The van der Waals surface area contributed by atoms with Crippen LogP contribution in [-0.2, 0) is 14.8 Å². The molecule has 158 valence electrons. The second-order valence-electron chi connectivity index (χ2n) is 7.20. The van der Waals surface area contributed by atoms with Gasteiger partial charge in [0.15, 0.2) is 0 Å². The van der Waals surface area contributed by atoms with Crippen molar-refractivity contribution in [3.8, 4) is 0 Å². The monoisotopic (exact) mass is 434 g/mol. The quantitative estimate of drug-likeness (QED) is 0.574. The molecule has 2 aromatic carbocycles. The average Bonchev–Trinajstić information content (AvgIpc) is 2.70. The molecule has 2 aromatic rings. The maximum atomic E-state index is 13.1. The van der Waals surface area contributed by atoms with Gasteiger partial charge in [-0.15, -0.1) is 11.8 Å². The van der Waals surface area contributed by atoms with Gasteiger partial charge in [0.05, 0.1) is 10.9 Å². The van der Waals surface area contributed by atoms with Crippen LogP contribution in [0.5, 0.6) is 0 Å². The van der Waals surface area contributed by atoms with Gasteiger partial charge in [-0.1, -0.05) is 61.4 Å². The molecule has 7 heteroatoms.